The first-order valence-electron chi connectivity index (χ1n) is 7.07. The monoisotopic (exact) mass is 307 g/mol. The zero-order valence-electron chi connectivity index (χ0n) is 12.7. The normalized spacial score (nSPS) is 21.4. The highest BCUT2D eigenvalue weighted by molar-refractivity contribution is 8.00. The predicted octanol–water partition coefficient (Wildman–Crippen LogP) is 2.35. The van der Waals surface area contributed by atoms with E-state index in [0.717, 1.165) is 4.90 Å². The molecule has 0 saturated carbocycles. The second kappa shape index (κ2) is 6.98. The zero-order valence-corrected chi connectivity index (χ0v) is 13.5. The number of hydrogen-bond acceptors (Lipinski definition) is 4. The zero-order chi connectivity index (χ0) is 15.4. The van der Waals surface area contributed by atoms with Crippen LogP contribution in [0.25, 0.3) is 0 Å². The number of benzene rings is 1. The van der Waals surface area contributed by atoms with E-state index in [4.69, 9.17) is 4.74 Å². The van der Waals surface area contributed by atoms with Crippen molar-refractivity contribution in [3.63, 3.8) is 0 Å². The minimum atomic E-state index is -0.218. The molecule has 1 aliphatic rings. The van der Waals surface area contributed by atoms with Crippen molar-refractivity contribution in [1.82, 2.24) is 4.90 Å². The maximum absolute atomic E-state index is 12.3. The first-order chi connectivity index (χ1) is 10.0. The van der Waals surface area contributed by atoms with Crippen LogP contribution in [0.15, 0.2) is 29.2 Å². The number of thioether (sulfide) groups is 1. The fourth-order valence-corrected chi connectivity index (χ4v) is 3.51. The van der Waals surface area contributed by atoms with Gasteiger partial charge >= 0.3 is 5.97 Å². The molecule has 21 heavy (non-hydrogen) atoms. The van der Waals surface area contributed by atoms with Crippen molar-refractivity contribution in [1.29, 1.82) is 0 Å². The van der Waals surface area contributed by atoms with Crippen molar-refractivity contribution in [3.05, 3.63) is 29.8 Å². The van der Waals surface area contributed by atoms with Crippen molar-refractivity contribution in [2.45, 2.75) is 18.7 Å². The molecule has 1 aromatic carbocycles. The van der Waals surface area contributed by atoms with Crippen molar-refractivity contribution >= 4 is 23.6 Å². The molecule has 0 aliphatic carbocycles. The van der Waals surface area contributed by atoms with Crippen molar-refractivity contribution in [2.24, 2.45) is 11.8 Å². The first kappa shape index (κ1) is 15.9. The molecule has 2 atom stereocenters. The molecule has 0 spiro atoms. The average molecular weight is 307 g/mol. The fraction of sp³-hybridized carbons (Fsp3) is 0.500. The number of ether oxygens (including phenoxy) is 1. The Balaban J connectivity index is 1.90. The molecule has 0 N–H and O–H groups in total. The van der Waals surface area contributed by atoms with E-state index in [1.54, 1.807) is 16.7 Å². The molecular formula is C16H21NO3S. The highest BCUT2D eigenvalue weighted by atomic mass is 32.2. The Hall–Kier alpha value is -1.49. The van der Waals surface area contributed by atoms with E-state index in [0.29, 0.717) is 18.8 Å². The summed E-state index contributed by atoms with van der Waals surface area (Å²) in [6, 6.07) is 8.03. The van der Waals surface area contributed by atoms with E-state index < -0.39 is 0 Å². The molecule has 1 heterocycles. The van der Waals surface area contributed by atoms with E-state index in [1.807, 2.05) is 38.1 Å². The molecule has 1 saturated heterocycles. The van der Waals surface area contributed by atoms with Crippen LogP contribution in [0.1, 0.15) is 12.5 Å². The number of aryl methyl sites for hydroxylation is 1. The van der Waals surface area contributed by atoms with Gasteiger partial charge in [-0.3, -0.25) is 9.59 Å². The van der Waals surface area contributed by atoms with Crippen LogP contribution in [0.2, 0.25) is 0 Å². The molecule has 0 radical (unpaired) electrons. The number of hydrogen-bond donors (Lipinski definition) is 0. The smallest absolute Gasteiger partial charge is 0.310 e. The number of rotatable bonds is 4. The van der Waals surface area contributed by atoms with Gasteiger partial charge in [-0.1, -0.05) is 25.1 Å². The Labute approximate surface area is 129 Å². The SMILES string of the molecule is COC(=O)C1CN(C(=O)CSc2ccccc2C)CC1C. The molecule has 2 rings (SSSR count). The van der Waals surface area contributed by atoms with Gasteiger partial charge in [-0.2, -0.15) is 0 Å². The quantitative estimate of drug-likeness (QED) is 0.633. The van der Waals surface area contributed by atoms with E-state index in [9.17, 15) is 9.59 Å². The summed E-state index contributed by atoms with van der Waals surface area (Å²) in [5, 5.41) is 0. The van der Waals surface area contributed by atoms with Crippen LogP contribution >= 0.6 is 11.8 Å². The summed E-state index contributed by atoms with van der Waals surface area (Å²) in [5.74, 6) is 0.240. The van der Waals surface area contributed by atoms with Crippen molar-refractivity contribution in [3.8, 4) is 0 Å². The van der Waals surface area contributed by atoms with Crippen LogP contribution < -0.4 is 0 Å². The molecule has 1 aliphatic heterocycles. The molecule has 4 nitrogen and oxygen atoms in total. The Morgan fingerprint density at radius 3 is 2.71 bits per heavy atom. The molecule has 1 amide bonds. The minimum absolute atomic E-state index is 0.0847. The van der Waals surface area contributed by atoms with Gasteiger partial charge in [0, 0.05) is 18.0 Å². The predicted molar refractivity (Wildman–Crippen MR) is 83.2 cm³/mol. The summed E-state index contributed by atoms with van der Waals surface area (Å²) in [6.07, 6.45) is 0. The van der Waals surface area contributed by atoms with Crippen LogP contribution in [-0.2, 0) is 14.3 Å². The molecule has 0 aromatic heterocycles. The van der Waals surface area contributed by atoms with E-state index in [2.05, 4.69) is 0 Å². The number of esters is 1. The summed E-state index contributed by atoms with van der Waals surface area (Å²) >= 11 is 1.55. The van der Waals surface area contributed by atoms with Crippen LogP contribution in [-0.4, -0.2) is 42.7 Å². The Morgan fingerprint density at radius 1 is 1.33 bits per heavy atom. The minimum Gasteiger partial charge on any atom is -0.469 e. The lowest BCUT2D eigenvalue weighted by molar-refractivity contribution is -0.146. The van der Waals surface area contributed by atoms with Gasteiger partial charge in [0.1, 0.15) is 0 Å². The third-order valence-corrected chi connectivity index (χ3v) is 5.07. The van der Waals surface area contributed by atoms with Crippen LogP contribution in [0.4, 0.5) is 0 Å². The maximum Gasteiger partial charge on any atom is 0.310 e. The number of likely N-dealkylation sites (tertiary alicyclic amines) is 1. The number of carbonyl (C=O) groups excluding carboxylic acids is 2. The second-order valence-corrected chi connectivity index (χ2v) is 6.48. The van der Waals surface area contributed by atoms with Crippen molar-refractivity contribution < 1.29 is 14.3 Å². The Morgan fingerprint density at radius 2 is 2.05 bits per heavy atom. The van der Waals surface area contributed by atoms with Crippen molar-refractivity contribution in [2.75, 3.05) is 26.0 Å². The lowest BCUT2D eigenvalue weighted by Crippen LogP contribution is -2.31. The number of carbonyl (C=O) groups is 2. The summed E-state index contributed by atoms with van der Waals surface area (Å²) in [5.41, 5.74) is 1.18. The third-order valence-electron chi connectivity index (χ3n) is 3.91. The lowest BCUT2D eigenvalue weighted by Gasteiger charge is -2.16. The number of amides is 1. The van der Waals surface area contributed by atoms with Gasteiger partial charge in [-0.15, -0.1) is 11.8 Å². The number of nitrogens with zero attached hydrogens (tertiary/aromatic N) is 1. The number of methoxy groups -OCH3 is 1. The largest absolute Gasteiger partial charge is 0.469 e. The molecule has 5 heteroatoms. The lowest BCUT2D eigenvalue weighted by atomic mass is 9.99. The Bertz CT molecular complexity index is 532. The molecule has 1 aromatic rings. The standard InChI is InChI=1S/C16H21NO3S/c1-11-6-4-5-7-14(11)21-10-15(18)17-8-12(2)13(9-17)16(19)20-3/h4-7,12-13H,8-10H2,1-3H3. The van der Waals surface area contributed by atoms with E-state index >= 15 is 0 Å². The topological polar surface area (TPSA) is 46.6 Å². The Kier molecular flexibility index (Phi) is 5.28. The van der Waals surface area contributed by atoms with Gasteiger partial charge in [-0.05, 0) is 24.5 Å². The van der Waals surface area contributed by atoms with E-state index in [-0.39, 0.29) is 23.7 Å². The second-order valence-electron chi connectivity index (χ2n) is 5.46. The molecule has 114 valence electrons. The average Bonchev–Trinajstić information content (AvgIpc) is 2.87. The summed E-state index contributed by atoms with van der Waals surface area (Å²) in [6.45, 7) is 5.13. The molecule has 1 fully saturated rings. The molecular weight excluding hydrogens is 286 g/mol. The maximum atomic E-state index is 12.3. The molecule has 0 bridgehead atoms. The van der Waals surface area contributed by atoms with Crippen LogP contribution in [0, 0.1) is 18.8 Å². The van der Waals surface area contributed by atoms with Gasteiger partial charge < -0.3 is 9.64 Å². The van der Waals surface area contributed by atoms with Crippen LogP contribution in [0.5, 0.6) is 0 Å². The first-order valence-corrected chi connectivity index (χ1v) is 8.05. The van der Waals surface area contributed by atoms with Gasteiger partial charge in [0.25, 0.3) is 0 Å². The third kappa shape index (κ3) is 3.79. The van der Waals surface area contributed by atoms with Gasteiger partial charge in [0.2, 0.25) is 5.91 Å². The van der Waals surface area contributed by atoms with Gasteiger partial charge in [-0.25, -0.2) is 0 Å². The summed E-state index contributed by atoms with van der Waals surface area (Å²) in [4.78, 5) is 26.8. The highest BCUT2D eigenvalue weighted by Gasteiger charge is 2.37. The summed E-state index contributed by atoms with van der Waals surface area (Å²) < 4.78 is 4.80. The summed E-state index contributed by atoms with van der Waals surface area (Å²) in [7, 11) is 1.40. The molecule has 2 unspecified atom stereocenters. The van der Waals surface area contributed by atoms with Gasteiger partial charge in [0.15, 0.2) is 0 Å². The highest BCUT2D eigenvalue weighted by Crippen LogP contribution is 2.26. The van der Waals surface area contributed by atoms with Gasteiger partial charge in [0.05, 0.1) is 18.8 Å². The fourth-order valence-electron chi connectivity index (χ4n) is 2.58. The van der Waals surface area contributed by atoms with E-state index in [1.165, 1.54) is 12.7 Å². The van der Waals surface area contributed by atoms with Crippen LogP contribution in [0.3, 0.4) is 0 Å².